The molecule has 17 heavy (non-hydrogen) atoms. The summed E-state index contributed by atoms with van der Waals surface area (Å²) >= 11 is 0. The van der Waals surface area contributed by atoms with Crippen LogP contribution in [0, 0.1) is 5.92 Å². The van der Waals surface area contributed by atoms with Crippen LogP contribution in [0.2, 0.25) is 0 Å². The number of nitrogens with zero attached hydrogens (tertiary/aromatic N) is 1. The molecule has 5 nitrogen and oxygen atoms in total. The Kier molecular flexibility index (Phi) is 4.66. The van der Waals surface area contributed by atoms with Gasteiger partial charge in [0, 0.05) is 13.0 Å². The summed E-state index contributed by atoms with van der Waals surface area (Å²) in [5, 5.41) is 2.68. The van der Waals surface area contributed by atoms with Crippen molar-refractivity contribution in [2.75, 3.05) is 13.1 Å². The largest absolute Gasteiger partial charge is 0.345 e. The Balaban J connectivity index is 2.47. The molecule has 0 spiro atoms. The van der Waals surface area contributed by atoms with Crippen LogP contribution in [0.5, 0.6) is 0 Å². The second kappa shape index (κ2) is 5.80. The van der Waals surface area contributed by atoms with Crippen molar-refractivity contribution in [2.24, 2.45) is 5.92 Å². The van der Waals surface area contributed by atoms with Crippen molar-refractivity contribution in [3.63, 3.8) is 0 Å². The highest BCUT2D eigenvalue weighted by Gasteiger charge is 2.25. The summed E-state index contributed by atoms with van der Waals surface area (Å²) in [5.41, 5.74) is 0. The van der Waals surface area contributed by atoms with E-state index in [1.165, 1.54) is 11.8 Å². The molecular weight excluding hydrogens is 220 g/mol. The fraction of sp³-hybridized carbons (Fsp3) is 0.750. The van der Waals surface area contributed by atoms with Crippen LogP contribution in [0.15, 0.2) is 0 Å². The number of hydrogen-bond donors (Lipinski definition) is 1. The van der Waals surface area contributed by atoms with Crippen molar-refractivity contribution in [1.29, 1.82) is 0 Å². The van der Waals surface area contributed by atoms with Gasteiger partial charge in [0.1, 0.15) is 0 Å². The van der Waals surface area contributed by atoms with E-state index in [0.717, 1.165) is 6.42 Å². The molecule has 0 aromatic carbocycles. The lowest BCUT2D eigenvalue weighted by molar-refractivity contribution is -0.134. The molecule has 1 rings (SSSR count). The summed E-state index contributed by atoms with van der Waals surface area (Å²) in [4.78, 5) is 35.9. The molecule has 0 aliphatic carbocycles. The second-order valence-electron chi connectivity index (χ2n) is 4.82. The van der Waals surface area contributed by atoms with E-state index in [2.05, 4.69) is 5.32 Å². The summed E-state index contributed by atoms with van der Waals surface area (Å²) in [6.45, 7) is 5.93. The fourth-order valence-corrected chi connectivity index (χ4v) is 2.00. The quantitative estimate of drug-likeness (QED) is 0.753. The Bertz CT molecular complexity index is 326. The number of carbonyl (C=O) groups is 3. The van der Waals surface area contributed by atoms with E-state index in [4.69, 9.17) is 0 Å². The molecule has 0 saturated carbocycles. The molecule has 1 heterocycles. The maximum Gasteiger partial charge on any atom is 0.240 e. The van der Waals surface area contributed by atoms with E-state index in [1.54, 1.807) is 0 Å². The first-order chi connectivity index (χ1) is 7.91. The molecule has 1 N–H and O–H groups in total. The van der Waals surface area contributed by atoms with Crippen molar-refractivity contribution >= 4 is 17.6 Å². The molecule has 1 aliphatic rings. The lowest BCUT2D eigenvalue weighted by atomic mass is 10.0. The highest BCUT2D eigenvalue weighted by Crippen LogP contribution is 2.09. The summed E-state index contributed by atoms with van der Waals surface area (Å²) in [6, 6.07) is -0.458. The number of Topliss-reactive ketones (excluding diaryl/α,β-unsaturated/α-hetero) is 1. The Labute approximate surface area is 102 Å². The predicted octanol–water partition coefficient (Wildman–Crippen LogP) is 0.339. The van der Waals surface area contributed by atoms with Gasteiger partial charge in [0.15, 0.2) is 5.78 Å². The average molecular weight is 240 g/mol. The number of rotatable bonds is 5. The third kappa shape index (κ3) is 3.84. The number of likely N-dealkylation sites (tertiary alicyclic amines) is 1. The topological polar surface area (TPSA) is 66.5 Å². The molecule has 0 aromatic heterocycles. The fourth-order valence-electron chi connectivity index (χ4n) is 2.00. The molecule has 96 valence electrons. The third-order valence-corrected chi connectivity index (χ3v) is 2.93. The van der Waals surface area contributed by atoms with Crippen molar-refractivity contribution in [3.05, 3.63) is 0 Å². The molecule has 1 atom stereocenters. The maximum atomic E-state index is 11.7. The summed E-state index contributed by atoms with van der Waals surface area (Å²) in [7, 11) is 0. The van der Waals surface area contributed by atoms with Gasteiger partial charge >= 0.3 is 0 Å². The van der Waals surface area contributed by atoms with Crippen LogP contribution in [-0.4, -0.2) is 41.6 Å². The van der Waals surface area contributed by atoms with Crippen LogP contribution in [-0.2, 0) is 14.4 Å². The van der Waals surface area contributed by atoms with Gasteiger partial charge in [0.25, 0.3) is 0 Å². The minimum absolute atomic E-state index is 0.0177. The standard InChI is InChI=1S/C12H20N2O3/c1-8(2)12(9(3)15)13-10(16)7-14-6-4-5-11(14)17/h8,12H,4-7H2,1-3H3,(H,13,16). The van der Waals surface area contributed by atoms with Crippen molar-refractivity contribution < 1.29 is 14.4 Å². The van der Waals surface area contributed by atoms with Crippen LogP contribution in [0.3, 0.4) is 0 Å². The zero-order valence-corrected chi connectivity index (χ0v) is 10.7. The Morgan fingerprint density at radius 2 is 2.06 bits per heavy atom. The number of nitrogens with one attached hydrogen (secondary N) is 1. The zero-order chi connectivity index (χ0) is 13.0. The maximum absolute atomic E-state index is 11.7. The summed E-state index contributed by atoms with van der Waals surface area (Å²) in [5.74, 6) is -0.231. The van der Waals surface area contributed by atoms with E-state index < -0.39 is 6.04 Å². The molecule has 0 aromatic rings. The second-order valence-corrected chi connectivity index (χ2v) is 4.82. The molecule has 1 unspecified atom stereocenters. The monoisotopic (exact) mass is 240 g/mol. The van der Waals surface area contributed by atoms with Crippen LogP contribution < -0.4 is 5.32 Å². The molecule has 2 amide bonds. The van der Waals surface area contributed by atoms with E-state index in [1.807, 2.05) is 13.8 Å². The van der Waals surface area contributed by atoms with Gasteiger partial charge < -0.3 is 10.2 Å². The molecular formula is C12H20N2O3. The van der Waals surface area contributed by atoms with E-state index in [9.17, 15) is 14.4 Å². The minimum Gasteiger partial charge on any atom is -0.345 e. The van der Waals surface area contributed by atoms with E-state index in [-0.39, 0.29) is 30.1 Å². The summed E-state index contributed by atoms with van der Waals surface area (Å²) < 4.78 is 0. The Morgan fingerprint density at radius 3 is 2.47 bits per heavy atom. The molecule has 5 heteroatoms. The van der Waals surface area contributed by atoms with E-state index in [0.29, 0.717) is 13.0 Å². The van der Waals surface area contributed by atoms with Crippen LogP contribution in [0.4, 0.5) is 0 Å². The average Bonchev–Trinajstić information content (AvgIpc) is 2.60. The van der Waals surface area contributed by atoms with Crippen molar-refractivity contribution in [1.82, 2.24) is 10.2 Å². The van der Waals surface area contributed by atoms with Crippen molar-refractivity contribution in [3.8, 4) is 0 Å². The Morgan fingerprint density at radius 1 is 1.41 bits per heavy atom. The third-order valence-electron chi connectivity index (χ3n) is 2.93. The van der Waals surface area contributed by atoms with Crippen LogP contribution in [0.25, 0.3) is 0 Å². The van der Waals surface area contributed by atoms with Gasteiger partial charge in [-0.15, -0.1) is 0 Å². The first-order valence-electron chi connectivity index (χ1n) is 5.99. The number of hydrogen-bond acceptors (Lipinski definition) is 3. The SMILES string of the molecule is CC(=O)C(NC(=O)CN1CCCC1=O)C(C)C. The number of amides is 2. The van der Waals surface area contributed by atoms with Crippen LogP contribution in [0.1, 0.15) is 33.6 Å². The van der Waals surface area contributed by atoms with Gasteiger partial charge in [0.2, 0.25) is 11.8 Å². The molecule has 0 bridgehead atoms. The number of carbonyl (C=O) groups excluding carboxylic acids is 3. The van der Waals surface area contributed by atoms with Gasteiger partial charge in [-0.1, -0.05) is 13.8 Å². The molecule has 1 aliphatic heterocycles. The smallest absolute Gasteiger partial charge is 0.240 e. The highest BCUT2D eigenvalue weighted by molar-refractivity contribution is 5.90. The van der Waals surface area contributed by atoms with Gasteiger partial charge in [0.05, 0.1) is 12.6 Å². The Hall–Kier alpha value is -1.39. The highest BCUT2D eigenvalue weighted by atomic mass is 16.2. The van der Waals surface area contributed by atoms with Gasteiger partial charge in [-0.2, -0.15) is 0 Å². The predicted molar refractivity (Wildman–Crippen MR) is 63.3 cm³/mol. The zero-order valence-electron chi connectivity index (χ0n) is 10.7. The van der Waals surface area contributed by atoms with Gasteiger partial charge in [-0.3, -0.25) is 14.4 Å². The lowest BCUT2D eigenvalue weighted by Crippen LogP contribution is -2.47. The molecule has 1 fully saturated rings. The molecule has 1 saturated heterocycles. The van der Waals surface area contributed by atoms with Gasteiger partial charge in [-0.05, 0) is 19.3 Å². The first-order valence-corrected chi connectivity index (χ1v) is 5.99. The normalized spacial score (nSPS) is 17.4. The van der Waals surface area contributed by atoms with Crippen LogP contribution >= 0.6 is 0 Å². The first kappa shape index (κ1) is 13.7. The number of ketones is 1. The van der Waals surface area contributed by atoms with E-state index >= 15 is 0 Å². The van der Waals surface area contributed by atoms with Crippen molar-refractivity contribution in [2.45, 2.75) is 39.7 Å². The summed E-state index contributed by atoms with van der Waals surface area (Å²) in [6.07, 6.45) is 1.33. The lowest BCUT2D eigenvalue weighted by Gasteiger charge is -2.21. The van der Waals surface area contributed by atoms with Gasteiger partial charge in [-0.25, -0.2) is 0 Å². The molecule has 0 radical (unpaired) electrons. The minimum atomic E-state index is -0.458.